The molecule has 4 aromatic rings. The number of hydrogen-bond donors (Lipinski definition) is 1. The summed E-state index contributed by atoms with van der Waals surface area (Å²) < 4.78 is 159. The van der Waals surface area contributed by atoms with Crippen LogP contribution in [0.5, 0.6) is 5.75 Å². The lowest BCUT2D eigenvalue weighted by atomic mass is 9.75. The van der Waals surface area contributed by atoms with Crippen molar-refractivity contribution in [1.82, 2.24) is 0 Å². The molecule has 4 rings (SSSR count). The Kier molecular flexibility index (Phi) is 5.58. The predicted octanol–water partition coefficient (Wildman–Crippen LogP) is 5.29. The first-order chi connectivity index (χ1) is 15.9. The molecule has 0 radical (unpaired) electrons. The van der Waals surface area contributed by atoms with Crippen LogP contribution >= 0.6 is 0 Å². The highest BCUT2D eigenvalue weighted by Crippen LogP contribution is 2.39. The van der Waals surface area contributed by atoms with Crippen LogP contribution in [-0.4, -0.2) is 12.1 Å². The van der Waals surface area contributed by atoms with Gasteiger partial charge in [0.15, 0.2) is 58.1 Å². The van der Waals surface area contributed by atoms with Gasteiger partial charge in [-0.1, -0.05) is 12.1 Å². The van der Waals surface area contributed by atoms with E-state index in [0.717, 1.165) is 12.1 Å². The maximum atomic E-state index is 14.4. The fourth-order valence-corrected chi connectivity index (χ4v) is 3.40. The van der Waals surface area contributed by atoms with Gasteiger partial charge in [0.05, 0.1) is 16.2 Å². The van der Waals surface area contributed by atoms with E-state index in [1.165, 1.54) is 0 Å². The monoisotopic (exact) mass is 496 g/mol. The van der Waals surface area contributed by atoms with E-state index in [-0.39, 0.29) is 0 Å². The maximum Gasteiger partial charge on any atom is 0.563 e. The predicted molar refractivity (Wildman–Crippen MR) is 95.7 cm³/mol. The normalized spacial score (nSPS) is 11.5. The minimum absolute atomic E-state index is 0.623. The van der Waals surface area contributed by atoms with Crippen LogP contribution in [0.3, 0.4) is 0 Å². The summed E-state index contributed by atoms with van der Waals surface area (Å²) in [6.45, 7) is 0. The molecule has 0 spiro atoms. The largest absolute Gasteiger partial charge is 0.563 e. The quantitative estimate of drug-likeness (QED) is 0.181. The molecule has 0 atom stereocenters. The number of benzene rings is 4. The van der Waals surface area contributed by atoms with Crippen molar-refractivity contribution in [1.29, 1.82) is 0 Å². The van der Waals surface area contributed by atoms with E-state index in [1.54, 1.807) is 0 Å². The van der Waals surface area contributed by atoms with Crippen molar-refractivity contribution < 1.29 is 58.0 Å². The van der Waals surface area contributed by atoms with Crippen LogP contribution in [0.1, 0.15) is 0 Å². The molecule has 4 aromatic carbocycles. The van der Waals surface area contributed by atoms with E-state index in [4.69, 9.17) is 0 Å². The molecule has 34 heavy (non-hydrogen) atoms. The maximum absolute atomic E-state index is 14.4. The lowest BCUT2D eigenvalue weighted by Gasteiger charge is -2.18. The van der Waals surface area contributed by atoms with Crippen LogP contribution in [0.2, 0.25) is 0 Å². The zero-order valence-electron chi connectivity index (χ0n) is 15.8. The van der Waals surface area contributed by atoms with Gasteiger partial charge in [0, 0.05) is 5.46 Å². The van der Waals surface area contributed by atoms with E-state index < -0.39 is 104 Å². The third kappa shape index (κ3) is 3.15. The van der Waals surface area contributed by atoms with Gasteiger partial charge >= 0.3 is 7.12 Å². The molecule has 1 N–H and O–H groups in total. The molecule has 0 aliphatic carbocycles. The summed E-state index contributed by atoms with van der Waals surface area (Å²) in [6, 6.07) is 2.23. The van der Waals surface area contributed by atoms with Crippen molar-refractivity contribution in [2.24, 2.45) is 0 Å². The molecule has 0 saturated heterocycles. The van der Waals surface area contributed by atoms with Gasteiger partial charge in [-0.25, -0.2) is 43.9 Å². The summed E-state index contributed by atoms with van der Waals surface area (Å²) in [5.74, 6) is -27.8. The van der Waals surface area contributed by atoms with Gasteiger partial charge in [-0.05, 0) is 11.5 Å². The first-order valence-electron chi connectivity index (χ1n) is 8.81. The zero-order valence-corrected chi connectivity index (χ0v) is 15.8. The zero-order chi connectivity index (χ0) is 25.2. The standard InChI is InChI=1S/C20H4BF11O2/c22-5-3-1-2-4-6(5)10(23)15(28)14(27)9(4)21(33)34-20-8-7(12(25)18(31)19(20)32)11(24)16(29)17(30)13(8)26/h1-3,33H. The number of rotatable bonds is 3. The molecule has 0 saturated carbocycles. The van der Waals surface area contributed by atoms with Crippen molar-refractivity contribution in [3.63, 3.8) is 0 Å². The van der Waals surface area contributed by atoms with Crippen molar-refractivity contribution >= 4 is 34.1 Å². The van der Waals surface area contributed by atoms with Crippen LogP contribution in [0.15, 0.2) is 18.2 Å². The minimum atomic E-state index is -3.04. The van der Waals surface area contributed by atoms with Gasteiger partial charge in [-0.15, -0.1) is 0 Å². The van der Waals surface area contributed by atoms with Gasteiger partial charge in [0.2, 0.25) is 5.82 Å². The second kappa shape index (κ2) is 8.04. The lowest BCUT2D eigenvalue weighted by molar-refractivity contribution is 0.380. The van der Waals surface area contributed by atoms with Gasteiger partial charge in [0.1, 0.15) is 5.82 Å². The van der Waals surface area contributed by atoms with Crippen molar-refractivity contribution in [3.05, 3.63) is 82.2 Å². The van der Waals surface area contributed by atoms with Crippen molar-refractivity contribution in [2.45, 2.75) is 0 Å². The molecule has 2 nitrogen and oxygen atoms in total. The first kappa shape index (κ1) is 23.6. The summed E-state index contributed by atoms with van der Waals surface area (Å²) in [5.41, 5.74) is -1.42. The molecule has 0 heterocycles. The number of halogens is 11. The van der Waals surface area contributed by atoms with Crippen LogP contribution in [0.4, 0.5) is 48.3 Å². The highest BCUT2D eigenvalue weighted by atomic mass is 19.2. The Labute approximate surface area is 180 Å². The average molecular weight is 496 g/mol. The number of fused-ring (bicyclic) bond motifs is 2. The first-order valence-corrected chi connectivity index (χ1v) is 8.81. The summed E-state index contributed by atoms with van der Waals surface area (Å²) in [5, 5.41) is 4.29. The highest BCUT2D eigenvalue weighted by molar-refractivity contribution is 6.64. The average Bonchev–Trinajstić information content (AvgIpc) is 2.80. The topological polar surface area (TPSA) is 29.5 Å². The van der Waals surface area contributed by atoms with Crippen LogP contribution in [0.25, 0.3) is 21.5 Å². The molecule has 0 aliphatic heterocycles. The molecular formula is C20H4BF11O2. The molecule has 0 fully saturated rings. The fourth-order valence-electron chi connectivity index (χ4n) is 3.40. The van der Waals surface area contributed by atoms with Crippen LogP contribution in [0, 0.1) is 64.0 Å². The van der Waals surface area contributed by atoms with Crippen LogP contribution < -0.4 is 10.1 Å². The van der Waals surface area contributed by atoms with Crippen LogP contribution in [-0.2, 0) is 0 Å². The Hall–Kier alpha value is -3.55. The third-order valence-corrected chi connectivity index (χ3v) is 4.92. The molecule has 0 aromatic heterocycles. The molecule has 14 heteroatoms. The smallest absolute Gasteiger partial charge is 0.530 e. The second-order valence-corrected chi connectivity index (χ2v) is 6.77. The summed E-state index contributed by atoms with van der Waals surface area (Å²) in [6.07, 6.45) is 0. The Bertz CT molecular complexity index is 1520. The number of hydrogen-bond acceptors (Lipinski definition) is 2. The summed E-state index contributed by atoms with van der Waals surface area (Å²) in [7, 11) is -3.04. The van der Waals surface area contributed by atoms with Gasteiger partial charge in [-0.2, -0.15) is 4.39 Å². The van der Waals surface area contributed by atoms with E-state index in [9.17, 15) is 53.3 Å². The summed E-state index contributed by atoms with van der Waals surface area (Å²) in [4.78, 5) is 0. The Morgan fingerprint density at radius 1 is 0.529 bits per heavy atom. The summed E-state index contributed by atoms with van der Waals surface area (Å²) >= 11 is 0. The van der Waals surface area contributed by atoms with Crippen molar-refractivity contribution in [3.8, 4) is 5.75 Å². The highest BCUT2D eigenvalue weighted by Gasteiger charge is 2.36. The second-order valence-electron chi connectivity index (χ2n) is 6.77. The molecule has 0 bridgehead atoms. The van der Waals surface area contributed by atoms with Gasteiger partial charge < -0.3 is 9.68 Å². The Morgan fingerprint density at radius 3 is 1.59 bits per heavy atom. The molecule has 0 unspecified atom stereocenters. The minimum Gasteiger partial charge on any atom is -0.530 e. The third-order valence-electron chi connectivity index (χ3n) is 4.92. The SMILES string of the molecule is OB(Oc1c(F)c(F)c(F)c2c(F)c(F)c(F)c(F)c12)c1c(F)c(F)c(F)c2c(F)cccc12. The van der Waals surface area contributed by atoms with E-state index >= 15 is 0 Å². The van der Waals surface area contributed by atoms with E-state index in [0.29, 0.717) is 6.07 Å². The van der Waals surface area contributed by atoms with E-state index in [2.05, 4.69) is 4.65 Å². The Balaban J connectivity index is 2.04. The molecular weight excluding hydrogens is 492 g/mol. The molecule has 0 amide bonds. The van der Waals surface area contributed by atoms with E-state index in [1.807, 2.05) is 0 Å². The van der Waals surface area contributed by atoms with Gasteiger partial charge in [0.25, 0.3) is 0 Å². The lowest BCUT2D eigenvalue weighted by Crippen LogP contribution is -2.41. The Morgan fingerprint density at radius 2 is 1.00 bits per heavy atom. The van der Waals surface area contributed by atoms with Crippen molar-refractivity contribution in [2.75, 3.05) is 0 Å². The molecule has 176 valence electrons. The fraction of sp³-hybridized carbons (Fsp3) is 0. The van der Waals surface area contributed by atoms with Gasteiger partial charge in [-0.3, -0.25) is 0 Å². The molecule has 0 aliphatic rings.